The van der Waals surface area contributed by atoms with Crippen molar-refractivity contribution in [3.05, 3.63) is 35.9 Å². The van der Waals surface area contributed by atoms with E-state index in [0.29, 0.717) is 6.61 Å². The molecule has 0 amide bonds. The van der Waals surface area contributed by atoms with E-state index in [4.69, 9.17) is 4.74 Å². The highest BCUT2D eigenvalue weighted by atomic mass is 16.5. The van der Waals surface area contributed by atoms with Crippen LogP contribution in [-0.2, 0) is 9.53 Å². The third-order valence-electron chi connectivity index (χ3n) is 3.13. The fraction of sp³-hybridized carbons (Fsp3) is 0.500. The first kappa shape index (κ1) is 12.1. The van der Waals surface area contributed by atoms with Gasteiger partial charge in [-0.15, -0.1) is 0 Å². The average molecular weight is 233 g/mol. The van der Waals surface area contributed by atoms with Crippen molar-refractivity contribution >= 4 is 5.97 Å². The molecule has 3 heteroatoms. The summed E-state index contributed by atoms with van der Waals surface area (Å²) in [5.41, 5.74) is 1.18. The molecule has 1 aliphatic rings. The third kappa shape index (κ3) is 3.07. The maximum atomic E-state index is 11.6. The van der Waals surface area contributed by atoms with E-state index in [9.17, 15) is 4.79 Å². The minimum atomic E-state index is -0.145. The van der Waals surface area contributed by atoms with Gasteiger partial charge in [0.05, 0.1) is 6.04 Å². The van der Waals surface area contributed by atoms with Gasteiger partial charge in [0.15, 0.2) is 0 Å². The molecule has 0 bridgehead atoms. The molecule has 3 nitrogen and oxygen atoms in total. The topological polar surface area (TPSA) is 38.3 Å². The number of esters is 1. The van der Waals surface area contributed by atoms with Crippen LogP contribution < -0.4 is 5.32 Å². The quantitative estimate of drug-likeness (QED) is 0.812. The second-order valence-corrected chi connectivity index (χ2v) is 4.45. The highest BCUT2D eigenvalue weighted by Crippen LogP contribution is 2.19. The smallest absolute Gasteiger partial charge is 0.323 e. The van der Waals surface area contributed by atoms with Crippen LogP contribution in [0.4, 0.5) is 0 Å². The molecule has 92 valence electrons. The largest absolute Gasteiger partial charge is 0.462 e. The van der Waals surface area contributed by atoms with Crippen LogP contribution in [0.5, 0.6) is 0 Å². The van der Waals surface area contributed by atoms with E-state index in [1.807, 2.05) is 18.2 Å². The van der Waals surface area contributed by atoms with Crippen LogP contribution in [0.1, 0.15) is 37.8 Å². The number of unbranched alkanes of at least 4 members (excludes halogenated alkanes) is 1. The summed E-state index contributed by atoms with van der Waals surface area (Å²) in [7, 11) is 0. The van der Waals surface area contributed by atoms with Crippen molar-refractivity contribution in [3.8, 4) is 0 Å². The van der Waals surface area contributed by atoms with Crippen molar-refractivity contribution in [2.24, 2.45) is 0 Å². The molecule has 2 atom stereocenters. The number of cyclic esters (lactones) is 1. The van der Waals surface area contributed by atoms with Crippen LogP contribution in [0, 0.1) is 0 Å². The predicted octanol–water partition coefficient (Wildman–Crippen LogP) is 2.43. The Kier molecular flexibility index (Phi) is 4.15. The van der Waals surface area contributed by atoms with Gasteiger partial charge < -0.3 is 4.74 Å². The van der Waals surface area contributed by atoms with E-state index in [2.05, 4.69) is 24.4 Å². The van der Waals surface area contributed by atoms with Crippen molar-refractivity contribution < 1.29 is 9.53 Å². The molecule has 1 N–H and O–H groups in total. The molecular formula is C14H19NO2. The van der Waals surface area contributed by atoms with Crippen LogP contribution in [0.25, 0.3) is 0 Å². The summed E-state index contributed by atoms with van der Waals surface area (Å²) in [4.78, 5) is 11.6. The Bertz CT molecular complexity index is 364. The fourth-order valence-corrected chi connectivity index (χ4v) is 2.11. The molecule has 1 aromatic carbocycles. The van der Waals surface area contributed by atoms with Gasteiger partial charge in [0.25, 0.3) is 0 Å². The van der Waals surface area contributed by atoms with Gasteiger partial charge in [-0.2, -0.15) is 0 Å². The first-order chi connectivity index (χ1) is 8.31. The molecule has 17 heavy (non-hydrogen) atoms. The molecule has 1 fully saturated rings. The molecule has 0 aliphatic carbocycles. The molecule has 2 rings (SSSR count). The standard InChI is InChI=1S/C14H19NO2/c1-2-3-9-12-14(16)17-10-13(15-12)11-7-5-4-6-8-11/h4-8,12-13,15H,2-3,9-10H2,1H3/t12?,13-/m1/s1. The van der Waals surface area contributed by atoms with Gasteiger partial charge in [-0.3, -0.25) is 10.1 Å². The maximum absolute atomic E-state index is 11.6. The number of morpholine rings is 1. The molecule has 1 aliphatic heterocycles. The van der Waals surface area contributed by atoms with Crippen LogP contribution in [0.2, 0.25) is 0 Å². The first-order valence-electron chi connectivity index (χ1n) is 6.29. The van der Waals surface area contributed by atoms with E-state index >= 15 is 0 Å². The fourth-order valence-electron chi connectivity index (χ4n) is 2.11. The maximum Gasteiger partial charge on any atom is 0.323 e. The number of carbonyl (C=O) groups is 1. The lowest BCUT2D eigenvalue weighted by Gasteiger charge is -2.30. The summed E-state index contributed by atoms with van der Waals surface area (Å²) in [5.74, 6) is -0.106. The number of hydrogen-bond donors (Lipinski definition) is 1. The Hall–Kier alpha value is -1.35. The summed E-state index contributed by atoms with van der Waals surface area (Å²) in [5, 5.41) is 3.38. The van der Waals surface area contributed by atoms with E-state index in [-0.39, 0.29) is 18.1 Å². The number of hydrogen-bond acceptors (Lipinski definition) is 3. The number of carbonyl (C=O) groups excluding carboxylic acids is 1. The van der Waals surface area contributed by atoms with Crippen molar-refractivity contribution in [1.82, 2.24) is 5.32 Å². The highest BCUT2D eigenvalue weighted by Gasteiger charge is 2.29. The van der Waals surface area contributed by atoms with Crippen LogP contribution in [0.3, 0.4) is 0 Å². The zero-order valence-corrected chi connectivity index (χ0v) is 10.2. The zero-order valence-electron chi connectivity index (χ0n) is 10.2. The Morgan fingerprint density at radius 1 is 1.35 bits per heavy atom. The minimum absolute atomic E-state index is 0.106. The van der Waals surface area contributed by atoms with Gasteiger partial charge in [-0.05, 0) is 12.0 Å². The van der Waals surface area contributed by atoms with Gasteiger partial charge in [0, 0.05) is 0 Å². The van der Waals surface area contributed by atoms with Gasteiger partial charge in [-0.1, -0.05) is 50.1 Å². The van der Waals surface area contributed by atoms with Crippen LogP contribution in [-0.4, -0.2) is 18.6 Å². The Labute approximate surface area is 102 Å². The van der Waals surface area contributed by atoms with E-state index in [1.54, 1.807) is 0 Å². The van der Waals surface area contributed by atoms with Crippen molar-refractivity contribution in [2.75, 3.05) is 6.61 Å². The summed E-state index contributed by atoms with van der Waals surface area (Å²) in [6.07, 6.45) is 3.01. The molecule has 1 aromatic rings. The predicted molar refractivity (Wildman–Crippen MR) is 66.6 cm³/mol. The second kappa shape index (κ2) is 5.82. The first-order valence-corrected chi connectivity index (χ1v) is 6.29. The number of nitrogens with one attached hydrogen (secondary N) is 1. The van der Waals surface area contributed by atoms with E-state index in [0.717, 1.165) is 19.3 Å². The number of ether oxygens (including phenoxy) is 1. The Morgan fingerprint density at radius 2 is 2.12 bits per heavy atom. The minimum Gasteiger partial charge on any atom is -0.462 e. The van der Waals surface area contributed by atoms with Crippen LogP contribution in [0.15, 0.2) is 30.3 Å². The molecule has 1 heterocycles. The summed E-state index contributed by atoms with van der Waals surface area (Å²) in [6, 6.07) is 10.1. The Balaban J connectivity index is 2.00. The lowest BCUT2D eigenvalue weighted by atomic mass is 10.0. The second-order valence-electron chi connectivity index (χ2n) is 4.45. The molecule has 0 radical (unpaired) electrons. The summed E-state index contributed by atoms with van der Waals surface area (Å²) in [6.45, 7) is 2.56. The van der Waals surface area contributed by atoms with Gasteiger partial charge >= 0.3 is 5.97 Å². The van der Waals surface area contributed by atoms with E-state index < -0.39 is 0 Å². The zero-order chi connectivity index (χ0) is 12.1. The molecule has 0 saturated carbocycles. The molecule has 1 unspecified atom stereocenters. The van der Waals surface area contributed by atoms with Crippen molar-refractivity contribution in [2.45, 2.75) is 38.3 Å². The Morgan fingerprint density at radius 3 is 2.82 bits per heavy atom. The molecule has 0 aromatic heterocycles. The van der Waals surface area contributed by atoms with Crippen molar-refractivity contribution in [3.63, 3.8) is 0 Å². The lowest BCUT2D eigenvalue weighted by Crippen LogP contribution is -2.47. The summed E-state index contributed by atoms with van der Waals surface area (Å²) < 4.78 is 5.25. The number of rotatable bonds is 4. The molecular weight excluding hydrogens is 214 g/mol. The average Bonchev–Trinajstić information content (AvgIpc) is 2.39. The normalized spacial score (nSPS) is 24.4. The lowest BCUT2D eigenvalue weighted by molar-refractivity contribution is -0.152. The van der Waals surface area contributed by atoms with E-state index in [1.165, 1.54) is 5.56 Å². The highest BCUT2D eigenvalue weighted by molar-refractivity contribution is 5.76. The monoisotopic (exact) mass is 233 g/mol. The van der Waals surface area contributed by atoms with Gasteiger partial charge in [0.1, 0.15) is 12.6 Å². The third-order valence-corrected chi connectivity index (χ3v) is 3.13. The van der Waals surface area contributed by atoms with Gasteiger partial charge in [0.2, 0.25) is 0 Å². The van der Waals surface area contributed by atoms with Crippen molar-refractivity contribution in [1.29, 1.82) is 0 Å². The van der Waals surface area contributed by atoms with Gasteiger partial charge in [-0.25, -0.2) is 0 Å². The molecule has 0 spiro atoms. The SMILES string of the molecule is CCCCC1N[C@@H](c2ccccc2)COC1=O. The summed E-state index contributed by atoms with van der Waals surface area (Å²) >= 11 is 0. The van der Waals surface area contributed by atoms with Crippen LogP contribution >= 0.6 is 0 Å². The molecule has 1 saturated heterocycles. The number of benzene rings is 1.